The highest BCUT2D eigenvalue weighted by Crippen LogP contribution is 2.21. The van der Waals surface area contributed by atoms with Gasteiger partial charge in [0.1, 0.15) is 5.56 Å². The predicted octanol–water partition coefficient (Wildman–Crippen LogP) is 2.11. The van der Waals surface area contributed by atoms with E-state index in [2.05, 4.69) is 9.72 Å². The summed E-state index contributed by atoms with van der Waals surface area (Å²) in [4.78, 5) is 25.7. The second kappa shape index (κ2) is 4.18. The van der Waals surface area contributed by atoms with Crippen molar-refractivity contribution in [2.45, 2.75) is 0 Å². The lowest BCUT2D eigenvalue weighted by Gasteiger charge is -2.03. The summed E-state index contributed by atoms with van der Waals surface area (Å²) in [6, 6.07) is 2.61. The maximum Gasteiger partial charge on any atom is 0.343 e. The molecular weight excluding hydrogens is 249 g/mol. The van der Waals surface area contributed by atoms with Crippen LogP contribution in [0.4, 0.5) is 4.39 Å². The van der Waals surface area contributed by atoms with E-state index in [1.807, 2.05) is 0 Å². The number of benzene rings is 1. The Kier molecular flexibility index (Phi) is 2.85. The lowest BCUT2D eigenvalue weighted by Crippen LogP contribution is -2.17. The summed E-state index contributed by atoms with van der Waals surface area (Å²) in [5.41, 5.74) is -0.807. The van der Waals surface area contributed by atoms with Crippen LogP contribution in [0.2, 0.25) is 5.02 Å². The number of ether oxygens (including phenoxy) is 1. The number of carbonyl (C=O) groups excluding carboxylic acids is 1. The number of hydrogen-bond donors (Lipinski definition) is 1. The first-order valence-electron chi connectivity index (χ1n) is 4.64. The van der Waals surface area contributed by atoms with Gasteiger partial charge in [0.2, 0.25) is 5.43 Å². The first kappa shape index (κ1) is 11.6. The molecule has 0 unspecified atom stereocenters. The fourth-order valence-corrected chi connectivity index (χ4v) is 1.66. The third kappa shape index (κ3) is 1.78. The maximum absolute atomic E-state index is 13.6. The highest BCUT2D eigenvalue weighted by atomic mass is 35.5. The summed E-state index contributed by atoms with van der Waals surface area (Å²) in [7, 11) is 1.16. The molecule has 0 radical (unpaired) electrons. The van der Waals surface area contributed by atoms with Crippen LogP contribution in [0.1, 0.15) is 10.4 Å². The SMILES string of the molecule is COC(=O)c1c[nH]c2c(F)c(Cl)ccc2c1=O. The zero-order valence-corrected chi connectivity index (χ0v) is 9.47. The van der Waals surface area contributed by atoms with Crippen molar-refractivity contribution in [2.75, 3.05) is 7.11 Å². The Bertz CT molecular complexity index is 666. The molecule has 0 atom stereocenters. The number of H-pyrrole nitrogens is 1. The van der Waals surface area contributed by atoms with Crippen LogP contribution in [0.3, 0.4) is 0 Å². The van der Waals surface area contributed by atoms with Crippen molar-refractivity contribution in [3.63, 3.8) is 0 Å². The van der Waals surface area contributed by atoms with Crippen LogP contribution in [-0.4, -0.2) is 18.1 Å². The molecule has 0 fully saturated rings. The van der Waals surface area contributed by atoms with Crippen molar-refractivity contribution in [2.24, 2.45) is 0 Å². The lowest BCUT2D eigenvalue weighted by molar-refractivity contribution is 0.0599. The third-order valence-corrected chi connectivity index (χ3v) is 2.64. The Morgan fingerprint density at radius 1 is 1.47 bits per heavy atom. The monoisotopic (exact) mass is 255 g/mol. The van der Waals surface area contributed by atoms with Gasteiger partial charge in [-0.3, -0.25) is 4.79 Å². The topological polar surface area (TPSA) is 59.2 Å². The molecule has 1 aromatic carbocycles. The Hall–Kier alpha value is -1.88. The second-order valence-corrected chi connectivity index (χ2v) is 3.71. The molecule has 0 saturated heterocycles. The highest BCUT2D eigenvalue weighted by molar-refractivity contribution is 6.31. The van der Waals surface area contributed by atoms with Gasteiger partial charge in [-0.25, -0.2) is 9.18 Å². The quantitative estimate of drug-likeness (QED) is 0.794. The zero-order chi connectivity index (χ0) is 12.6. The molecule has 2 aromatic rings. The minimum absolute atomic E-state index is 0.0323. The van der Waals surface area contributed by atoms with Gasteiger partial charge in [-0.2, -0.15) is 0 Å². The number of nitrogens with one attached hydrogen (secondary N) is 1. The summed E-state index contributed by atoms with van der Waals surface area (Å²) < 4.78 is 18.0. The summed E-state index contributed by atoms with van der Waals surface area (Å²) >= 11 is 5.58. The standard InChI is InChI=1S/C11H7ClFNO3/c1-17-11(16)6-4-14-9-5(10(6)15)2-3-7(12)8(9)13/h2-4H,1H3,(H,14,15). The smallest absolute Gasteiger partial charge is 0.343 e. The van der Waals surface area contributed by atoms with Crippen molar-refractivity contribution in [3.05, 3.63) is 45.0 Å². The van der Waals surface area contributed by atoms with E-state index in [0.717, 1.165) is 13.3 Å². The van der Waals surface area contributed by atoms with Gasteiger partial charge in [0.25, 0.3) is 0 Å². The van der Waals surface area contributed by atoms with E-state index < -0.39 is 17.2 Å². The molecule has 0 aliphatic heterocycles. The molecule has 0 aliphatic carbocycles. The summed E-state index contributed by atoms with van der Waals surface area (Å²) in [5.74, 6) is -1.50. The molecule has 2 rings (SSSR count). The van der Waals surface area contributed by atoms with Crippen LogP contribution < -0.4 is 5.43 Å². The van der Waals surface area contributed by atoms with Crippen LogP contribution in [0.15, 0.2) is 23.1 Å². The van der Waals surface area contributed by atoms with Gasteiger partial charge in [-0.05, 0) is 12.1 Å². The largest absolute Gasteiger partial charge is 0.465 e. The van der Waals surface area contributed by atoms with Crippen LogP contribution in [0.25, 0.3) is 10.9 Å². The Labute approximate surface area is 100.0 Å². The number of aromatic nitrogens is 1. The molecule has 17 heavy (non-hydrogen) atoms. The summed E-state index contributed by atoms with van der Waals surface area (Å²) in [6.45, 7) is 0. The van der Waals surface area contributed by atoms with Crippen LogP contribution in [0, 0.1) is 5.82 Å². The van der Waals surface area contributed by atoms with Gasteiger partial charge < -0.3 is 9.72 Å². The molecule has 1 N–H and O–H groups in total. The van der Waals surface area contributed by atoms with E-state index in [1.165, 1.54) is 12.1 Å². The summed E-state index contributed by atoms with van der Waals surface area (Å²) in [6.07, 6.45) is 1.11. The summed E-state index contributed by atoms with van der Waals surface area (Å²) in [5, 5.41) is -0.0474. The first-order chi connectivity index (χ1) is 8.06. The molecule has 1 heterocycles. The molecule has 1 aromatic heterocycles. The predicted molar refractivity (Wildman–Crippen MR) is 60.9 cm³/mol. The van der Waals surface area contributed by atoms with Crippen molar-refractivity contribution < 1.29 is 13.9 Å². The van der Waals surface area contributed by atoms with Crippen LogP contribution in [-0.2, 0) is 4.74 Å². The molecule has 0 saturated carbocycles. The average molecular weight is 256 g/mol. The molecule has 88 valence electrons. The number of halogens is 2. The van der Waals surface area contributed by atoms with E-state index >= 15 is 0 Å². The molecule has 0 aliphatic rings. The van der Waals surface area contributed by atoms with E-state index in [9.17, 15) is 14.0 Å². The number of aromatic amines is 1. The molecule has 6 heteroatoms. The molecule has 0 amide bonds. The Morgan fingerprint density at radius 2 is 2.18 bits per heavy atom. The van der Waals surface area contributed by atoms with Gasteiger partial charge in [0.05, 0.1) is 17.6 Å². The minimum Gasteiger partial charge on any atom is -0.465 e. The number of hydrogen-bond acceptors (Lipinski definition) is 3. The van der Waals surface area contributed by atoms with Crippen molar-refractivity contribution in [1.29, 1.82) is 0 Å². The third-order valence-electron chi connectivity index (χ3n) is 2.35. The van der Waals surface area contributed by atoms with E-state index in [0.29, 0.717) is 0 Å². The zero-order valence-electron chi connectivity index (χ0n) is 8.71. The minimum atomic E-state index is -0.775. The molecule has 0 bridgehead atoms. The fraction of sp³-hybridized carbons (Fsp3) is 0.0909. The number of fused-ring (bicyclic) bond motifs is 1. The van der Waals surface area contributed by atoms with Gasteiger partial charge in [0, 0.05) is 11.6 Å². The van der Waals surface area contributed by atoms with Gasteiger partial charge in [-0.15, -0.1) is 0 Å². The number of rotatable bonds is 1. The first-order valence-corrected chi connectivity index (χ1v) is 5.01. The van der Waals surface area contributed by atoms with E-state index in [1.54, 1.807) is 0 Å². The maximum atomic E-state index is 13.6. The second-order valence-electron chi connectivity index (χ2n) is 3.31. The van der Waals surface area contributed by atoms with E-state index in [-0.39, 0.29) is 21.5 Å². The van der Waals surface area contributed by atoms with Crippen molar-refractivity contribution in [1.82, 2.24) is 4.98 Å². The Morgan fingerprint density at radius 3 is 2.82 bits per heavy atom. The van der Waals surface area contributed by atoms with Gasteiger partial charge in [0.15, 0.2) is 5.82 Å². The van der Waals surface area contributed by atoms with E-state index in [4.69, 9.17) is 11.6 Å². The van der Waals surface area contributed by atoms with Crippen molar-refractivity contribution in [3.8, 4) is 0 Å². The van der Waals surface area contributed by atoms with Gasteiger partial charge >= 0.3 is 5.97 Å². The molecule has 4 nitrogen and oxygen atoms in total. The van der Waals surface area contributed by atoms with Gasteiger partial charge in [-0.1, -0.05) is 11.6 Å². The lowest BCUT2D eigenvalue weighted by atomic mass is 10.1. The number of pyridine rings is 1. The highest BCUT2D eigenvalue weighted by Gasteiger charge is 2.15. The molecular formula is C11H7ClFNO3. The van der Waals surface area contributed by atoms with Crippen LogP contribution >= 0.6 is 11.6 Å². The normalized spacial score (nSPS) is 10.5. The Balaban J connectivity index is 2.83. The number of carbonyl (C=O) groups is 1. The number of methoxy groups -OCH3 is 1. The molecule has 0 spiro atoms. The fourth-order valence-electron chi connectivity index (χ4n) is 1.50. The number of esters is 1. The average Bonchev–Trinajstić information content (AvgIpc) is 2.33. The van der Waals surface area contributed by atoms with Crippen molar-refractivity contribution >= 4 is 28.5 Å². The van der Waals surface area contributed by atoms with Crippen LogP contribution in [0.5, 0.6) is 0 Å².